The number of aromatic nitrogens is 2. The van der Waals surface area contributed by atoms with E-state index in [0.717, 1.165) is 4.57 Å². The van der Waals surface area contributed by atoms with E-state index in [-0.39, 0.29) is 30.6 Å². The fraction of sp³-hybridized carbons (Fsp3) is 0.522. The number of esters is 1. The number of rotatable bonds is 12. The first-order valence-corrected chi connectivity index (χ1v) is 13.3. The molecule has 1 saturated heterocycles. The summed E-state index contributed by atoms with van der Waals surface area (Å²) in [6.45, 7) is 4.20. The Balaban J connectivity index is 1.74. The molecule has 0 amide bonds. The summed E-state index contributed by atoms with van der Waals surface area (Å²) in [5.74, 6) is -0.163. The number of para-hydroxylation sites is 1. The summed E-state index contributed by atoms with van der Waals surface area (Å²) in [5.41, 5.74) is 2.81. The van der Waals surface area contributed by atoms with E-state index in [4.69, 9.17) is 24.3 Å². The van der Waals surface area contributed by atoms with Crippen LogP contribution in [0.5, 0.6) is 5.75 Å². The van der Waals surface area contributed by atoms with Crippen LogP contribution in [0.4, 0.5) is 5.82 Å². The number of hydrogen-bond acceptors (Lipinski definition) is 11. The Kier molecular flexibility index (Phi) is 9.46. The number of carbonyl (C=O) groups excluding carboxylic acids is 1. The van der Waals surface area contributed by atoms with E-state index in [2.05, 4.69) is 10.1 Å². The van der Waals surface area contributed by atoms with Crippen molar-refractivity contribution in [3.8, 4) is 5.75 Å². The van der Waals surface area contributed by atoms with Crippen molar-refractivity contribution >= 4 is 19.5 Å². The maximum Gasteiger partial charge on any atom is 0.459 e. The zero-order chi connectivity index (χ0) is 27.2. The average Bonchev–Trinajstić information content (AvgIpc) is 3.06. The summed E-state index contributed by atoms with van der Waals surface area (Å²) < 4.78 is 36.8. The van der Waals surface area contributed by atoms with Crippen LogP contribution in [0.1, 0.15) is 39.8 Å². The molecule has 5 N–H and O–H groups in total. The minimum absolute atomic E-state index is 0.0149. The van der Waals surface area contributed by atoms with Crippen LogP contribution < -0.4 is 21.0 Å². The number of hydrogen-bond donors (Lipinski definition) is 4. The Hall–Kier alpha value is -2.80. The summed E-state index contributed by atoms with van der Waals surface area (Å²) >= 11 is 0. The van der Waals surface area contributed by atoms with Crippen LogP contribution in [-0.2, 0) is 23.4 Å². The lowest BCUT2D eigenvalue weighted by Gasteiger charge is -2.27. The molecule has 3 rings (SSSR count). The van der Waals surface area contributed by atoms with Crippen LogP contribution in [0, 0.1) is 0 Å². The molecule has 14 heteroatoms. The highest BCUT2D eigenvalue weighted by atomic mass is 31.2. The van der Waals surface area contributed by atoms with Crippen molar-refractivity contribution in [1.29, 1.82) is 0 Å². The maximum atomic E-state index is 13.7. The van der Waals surface area contributed by atoms with Crippen molar-refractivity contribution in [1.82, 2.24) is 14.6 Å². The van der Waals surface area contributed by atoms with Crippen molar-refractivity contribution in [2.75, 3.05) is 18.9 Å². The van der Waals surface area contributed by atoms with Gasteiger partial charge >= 0.3 is 19.4 Å². The first kappa shape index (κ1) is 28.8. The molecular formula is C23H33N4O9P. The van der Waals surface area contributed by atoms with Gasteiger partial charge in [-0.25, -0.2) is 14.4 Å². The number of nitrogens with one attached hydrogen (secondary N) is 1. The van der Waals surface area contributed by atoms with E-state index >= 15 is 0 Å². The third kappa shape index (κ3) is 7.37. The summed E-state index contributed by atoms with van der Waals surface area (Å²) in [6.07, 6.45) is -1.88. The lowest BCUT2D eigenvalue weighted by molar-refractivity contribution is -0.144. The number of nitrogens with zero attached hydrogens (tertiary/aromatic N) is 2. The van der Waals surface area contributed by atoms with E-state index in [0.29, 0.717) is 6.42 Å². The SMILES string of the molecule is CCCC(=O)OC[C@@H](C)NP(=O)(OC[C@H]1O[C@@H](n2ccc(N)nc2=O)[C@](C)(O)[C@@H]1O)Oc1ccccc1. The van der Waals surface area contributed by atoms with Gasteiger partial charge in [0, 0.05) is 18.7 Å². The van der Waals surface area contributed by atoms with Crippen LogP contribution in [0.25, 0.3) is 0 Å². The Morgan fingerprint density at radius 1 is 1.35 bits per heavy atom. The zero-order valence-electron chi connectivity index (χ0n) is 20.9. The average molecular weight is 541 g/mol. The number of nitrogen functional groups attached to an aromatic ring is 1. The van der Waals surface area contributed by atoms with Crippen LogP contribution in [0.2, 0.25) is 0 Å². The normalized spacial score (nSPS) is 25.8. The number of ether oxygens (including phenoxy) is 2. The monoisotopic (exact) mass is 540 g/mol. The molecule has 1 fully saturated rings. The minimum atomic E-state index is -4.11. The molecule has 13 nitrogen and oxygen atoms in total. The molecule has 1 aliphatic rings. The molecular weight excluding hydrogens is 507 g/mol. The highest BCUT2D eigenvalue weighted by Gasteiger charge is 2.54. The molecule has 2 heterocycles. The van der Waals surface area contributed by atoms with Crippen molar-refractivity contribution in [2.45, 2.75) is 63.7 Å². The van der Waals surface area contributed by atoms with Gasteiger partial charge in [-0.2, -0.15) is 4.98 Å². The molecule has 0 spiro atoms. The second-order valence-electron chi connectivity index (χ2n) is 8.90. The third-order valence-corrected chi connectivity index (χ3v) is 7.26. The highest BCUT2D eigenvalue weighted by molar-refractivity contribution is 7.52. The van der Waals surface area contributed by atoms with Gasteiger partial charge in [-0.15, -0.1) is 0 Å². The Labute approximate surface area is 214 Å². The van der Waals surface area contributed by atoms with Crippen molar-refractivity contribution < 1.29 is 38.1 Å². The molecule has 1 aliphatic heterocycles. The van der Waals surface area contributed by atoms with Gasteiger partial charge in [0.25, 0.3) is 0 Å². The first-order valence-electron chi connectivity index (χ1n) is 11.8. The van der Waals surface area contributed by atoms with Gasteiger partial charge in [0.05, 0.1) is 6.61 Å². The Morgan fingerprint density at radius 3 is 2.70 bits per heavy atom. The van der Waals surface area contributed by atoms with Gasteiger partial charge in [-0.05, 0) is 38.5 Å². The second kappa shape index (κ2) is 12.2. The van der Waals surface area contributed by atoms with E-state index in [1.54, 1.807) is 37.3 Å². The maximum absolute atomic E-state index is 13.7. The molecule has 0 radical (unpaired) electrons. The van der Waals surface area contributed by atoms with E-state index in [1.807, 2.05) is 6.92 Å². The number of carbonyl (C=O) groups is 1. The minimum Gasteiger partial charge on any atom is -0.464 e. The number of anilines is 1. The second-order valence-corrected chi connectivity index (χ2v) is 10.6. The number of aliphatic hydroxyl groups is 2. The summed E-state index contributed by atoms with van der Waals surface area (Å²) in [5, 5.41) is 24.3. The lowest BCUT2D eigenvalue weighted by atomic mass is 9.96. The molecule has 204 valence electrons. The highest BCUT2D eigenvalue weighted by Crippen LogP contribution is 2.46. The molecule has 0 aliphatic carbocycles. The van der Waals surface area contributed by atoms with E-state index in [1.165, 1.54) is 19.2 Å². The van der Waals surface area contributed by atoms with Gasteiger partial charge < -0.3 is 29.9 Å². The quantitative estimate of drug-likeness (QED) is 0.224. The summed E-state index contributed by atoms with van der Waals surface area (Å²) in [4.78, 5) is 27.6. The van der Waals surface area contributed by atoms with Gasteiger partial charge in [-0.3, -0.25) is 13.9 Å². The van der Waals surface area contributed by atoms with Gasteiger partial charge in [0.15, 0.2) is 6.23 Å². The van der Waals surface area contributed by atoms with Crippen molar-refractivity contribution in [3.05, 3.63) is 53.1 Å². The molecule has 1 unspecified atom stereocenters. The molecule has 6 atom stereocenters. The van der Waals surface area contributed by atoms with Crippen LogP contribution in [-0.4, -0.2) is 62.8 Å². The topological polar surface area (TPSA) is 184 Å². The molecule has 0 saturated carbocycles. The largest absolute Gasteiger partial charge is 0.464 e. The van der Waals surface area contributed by atoms with E-state index in [9.17, 15) is 24.4 Å². The Bertz CT molecular complexity index is 1160. The number of benzene rings is 1. The molecule has 2 aromatic rings. The zero-order valence-corrected chi connectivity index (χ0v) is 21.7. The molecule has 0 bridgehead atoms. The third-order valence-electron chi connectivity index (χ3n) is 5.56. The summed E-state index contributed by atoms with van der Waals surface area (Å²) in [6, 6.07) is 8.98. The smallest absolute Gasteiger partial charge is 0.459 e. The van der Waals surface area contributed by atoms with Crippen LogP contribution in [0.3, 0.4) is 0 Å². The first-order chi connectivity index (χ1) is 17.4. The number of aliphatic hydroxyl groups excluding tert-OH is 1. The Morgan fingerprint density at radius 2 is 2.05 bits per heavy atom. The summed E-state index contributed by atoms with van der Waals surface area (Å²) in [7, 11) is -4.11. The van der Waals surface area contributed by atoms with E-state index < -0.39 is 50.1 Å². The fourth-order valence-electron chi connectivity index (χ4n) is 3.67. The van der Waals surface area contributed by atoms with Crippen molar-refractivity contribution in [3.63, 3.8) is 0 Å². The lowest BCUT2D eigenvalue weighted by Crippen LogP contribution is -2.46. The van der Waals surface area contributed by atoms with Crippen LogP contribution in [0.15, 0.2) is 47.4 Å². The fourth-order valence-corrected chi connectivity index (χ4v) is 5.20. The molecule has 1 aromatic heterocycles. The molecule has 1 aromatic carbocycles. The standard InChI is InChI=1S/C23H33N4O9P/c1-4-8-19(28)33-13-15(2)26-37(32,36-16-9-6-5-7-10-16)34-14-17-20(29)23(3,31)21(35-17)27-12-11-18(24)25-22(27)30/h5-7,9-12,15,17,20-21,29,31H,4,8,13-14H2,1-3H3,(H,26,32)(H2,24,25,30)/t15-,17-,20-,21-,23-,37?/m1/s1. The predicted octanol–water partition coefficient (Wildman–Crippen LogP) is 1.36. The molecule has 37 heavy (non-hydrogen) atoms. The van der Waals surface area contributed by atoms with Gasteiger partial charge in [0.1, 0.15) is 36.0 Å². The van der Waals surface area contributed by atoms with Crippen molar-refractivity contribution in [2.24, 2.45) is 0 Å². The number of nitrogens with two attached hydrogens (primary N) is 1. The predicted molar refractivity (Wildman–Crippen MR) is 133 cm³/mol. The van der Waals surface area contributed by atoms with Gasteiger partial charge in [0.2, 0.25) is 0 Å². The van der Waals surface area contributed by atoms with Gasteiger partial charge in [-0.1, -0.05) is 25.1 Å². The van der Waals surface area contributed by atoms with Crippen LogP contribution >= 0.6 is 7.75 Å².